The number of carbonyl (C=O) groups excluding carboxylic acids is 2. The van der Waals surface area contributed by atoms with E-state index in [1.807, 2.05) is 11.8 Å². The van der Waals surface area contributed by atoms with Gasteiger partial charge in [-0.25, -0.2) is 4.39 Å². The first-order valence-corrected chi connectivity index (χ1v) is 14.9. The molecule has 212 valence electrons. The third kappa shape index (κ3) is 6.68. The van der Waals surface area contributed by atoms with Gasteiger partial charge < -0.3 is 9.80 Å². The molecular formula is C32H34FN5O2S. The summed E-state index contributed by atoms with van der Waals surface area (Å²) in [4.78, 5) is 29.5. The summed E-state index contributed by atoms with van der Waals surface area (Å²) < 4.78 is 15.3. The number of aromatic nitrogens is 3. The molecule has 3 aromatic carbocycles. The summed E-state index contributed by atoms with van der Waals surface area (Å²) in [5, 5.41) is 9.82. The summed E-state index contributed by atoms with van der Waals surface area (Å²) in [6.45, 7) is 7.50. The lowest BCUT2D eigenvalue weighted by Gasteiger charge is -2.40. The van der Waals surface area contributed by atoms with E-state index in [9.17, 15) is 14.0 Å². The molecule has 9 heteroatoms. The SMILES string of the molecule is Cc1ccc(-c2nnc(SCCCC(=O)N3CCN(C(=O)c4ccc(F)cc4)C(C)C3)n2-c2ccc(C)cc2)cc1. The van der Waals surface area contributed by atoms with Gasteiger partial charge in [-0.2, -0.15) is 0 Å². The smallest absolute Gasteiger partial charge is 0.254 e. The molecule has 0 N–H and O–H groups in total. The number of benzene rings is 3. The average Bonchev–Trinajstić information content (AvgIpc) is 3.39. The van der Waals surface area contributed by atoms with Gasteiger partial charge in [0.15, 0.2) is 11.0 Å². The topological polar surface area (TPSA) is 71.3 Å². The number of amides is 2. The van der Waals surface area contributed by atoms with Crippen LogP contribution in [0.15, 0.2) is 78.0 Å². The van der Waals surface area contributed by atoms with Crippen molar-refractivity contribution in [1.82, 2.24) is 24.6 Å². The van der Waals surface area contributed by atoms with Crippen LogP contribution in [0.1, 0.15) is 41.3 Å². The van der Waals surface area contributed by atoms with E-state index in [2.05, 4.69) is 77.1 Å². The van der Waals surface area contributed by atoms with Crippen LogP contribution in [-0.4, -0.2) is 67.8 Å². The third-order valence-electron chi connectivity index (χ3n) is 7.33. The lowest BCUT2D eigenvalue weighted by atomic mass is 10.1. The van der Waals surface area contributed by atoms with Crippen LogP contribution in [0.4, 0.5) is 4.39 Å². The second kappa shape index (κ2) is 12.7. The first-order chi connectivity index (χ1) is 19.8. The molecule has 4 aromatic rings. The predicted molar refractivity (Wildman–Crippen MR) is 160 cm³/mol. The first kappa shape index (κ1) is 28.5. The number of rotatable bonds is 8. The fourth-order valence-electron chi connectivity index (χ4n) is 4.97. The average molecular weight is 572 g/mol. The van der Waals surface area contributed by atoms with Crippen LogP contribution in [0.2, 0.25) is 0 Å². The molecule has 41 heavy (non-hydrogen) atoms. The molecule has 1 saturated heterocycles. The zero-order valence-corrected chi connectivity index (χ0v) is 24.4. The largest absolute Gasteiger partial charge is 0.339 e. The number of aryl methyl sites for hydroxylation is 2. The van der Waals surface area contributed by atoms with Gasteiger partial charge in [-0.15, -0.1) is 10.2 Å². The number of carbonyl (C=O) groups is 2. The van der Waals surface area contributed by atoms with Gasteiger partial charge in [0.1, 0.15) is 5.82 Å². The van der Waals surface area contributed by atoms with E-state index < -0.39 is 0 Å². The Labute approximate surface area is 244 Å². The zero-order chi connectivity index (χ0) is 28.9. The standard InChI is InChI=1S/C32H34FN5O2S/c1-22-6-10-25(11-7-22)30-34-35-32(38(30)28-16-8-23(2)9-17-28)41-20-4-5-29(39)36-18-19-37(24(3)21-36)31(40)26-12-14-27(33)15-13-26/h6-17,24H,4-5,18-21H2,1-3H3. The van der Waals surface area contributed by atoms with E-state index in [0.29, 0.717) is 38.0 Å². The second-order valence-electron chi connectivity index (χ2n) is 10.5. The first-order valence-electron chi connectivity index (χ1n) is 13.9. The van der Waals surface area contributed by atoms with Crippen molar-refractivity contribution in [2.24, 2.45) is 0 Å². The molecule has 0 radical (unpaired) electrons. The molecule has 5 rings (SSSR count). The molecule has 0 aliphatic carbocycles. The Morgan fingerprint density at radius 2 is 1.56 bits per heavy atom. The van der Waals surface area contributed by atoms with Crippen LogP contribution in [0.3, 0.4) is 0 Å². The highest BCUT2D eigenvalue weighted by atomic mass is 32.2. The molecule has 1 unspecified atom stereocenters. The van der Waals surface area contributed by atoms with Gasteiger partial charge >= 0.3 is 0 Å². The highest BCUT2D eigenvalue weighted by Crippen LogP contribution is 2.29. The van der Waals surface area contributed by atoms with Crippen molar-refractivity contribution in [1.29, 1.82) is 0 Å². The summed E-state index contributed by atoms with van der Waals surface area (Å²) in [6.07, 6.45) is 1.13. The van der Waals surface area contributed by atoms with Gasteiger partial charge in [-0.05, 0) is 63.6 Å². The van der Waals surface area contributed by atoms with Gasteiger partial charge in [0.05, 0.1) is 0 Å². The Bertz CT molecular complexity index is 1500. The lowest BCUT2D eigenvalue weighted by Crippen LogP contribution is -2.55. The lowest BCUT2D eigenvalue weighted by molar-refractivity contribution is -0.133. The molecule has 1 aliphatic rings. The summed E-state index contributed by atoms with van der Waals surface area (Å²) in [7, 11) is 0. The number of nitrogens with zero attached hydrogens (tertiary/aromatic N) is 5. The molecule has 0 bridgehead atoms. The number of hydrogen-bond donors (Lipinski definition) is 0. The fourth-order valence-corrected chi connectivity index (χ4v) is 5.86. The van der Waals surface area contributed by atoms with Crippen molar-refractivity contribution in [3.05, 3.63) is 95.3 Å². The molecule has 1 aromatic heterocycles. The number of hydrogen-bond acceptors (Lipinski definition) is 5. The second-order valence-corrected chi connectivity index (χ2v) is 11.6. The van der Waals surface area contributed by atoms with Crippen molar-refractivity contribution >= 4 is 23.6 Å². The molecule has 1 atom stereocenters. The Morgan fingerprint density at radius 1 is 0.902 bits per heavy atom. The van der Waals surface area contributed by atoms with E-state index in [1.54, 1.807) is 16.7 Å². The van der Waals surface area contributed by atoms with Crippen LogP contribution < -0.4 is 0 Å². The minimum Gasteiger partial charge on any atom is -0.339 e. The predicted octanol–water partition coefficient (Wildman–Crippen LogP) is 5.94. The van der Waals surface area contributed by atoms with E-state index in [-0.39, 0.29) is 23.7 Å². The Morgan fingerprint density at radius 3 is 2.22 bits per heavy atom. The highest BCUT2D eigenvalue weighted by Gasteiger charge is 2.30. The minimum absolute atomic E-state index is 0.0895. The van der Waals surface area contributed by atoms with E-state index in [1.165, 1.54) is 35.4 Å². The Balaban J connectivity index is 1.18. The van der Waals surface area contributed by atoms with E-state index >= 15 is 0 Å². The highest BCUT2D eigenvalue weighted by molar-refractivity contribution is 7.99. The molecule has 1 aliphatic heterocycles. The van der Waals surface area contributed by atoms with Crippen molar-refractivity contribution in [3.63, 3.8) is 0 Å². The fraction of sp³-hybridized carbons (Fsp3) is 0.312. The van der Waals surface area contributed by atoms with Crippen molar-refractivity contribution < 1.29 is 14.0 Å². The maximum atomic E-state index is 13.2. The number of halogens is 1. The summed E-state index contributed by atoms with van der Waals surface area (Å²) in [6, 6.07) is 22.0. The molecule has 0 saturated carbocycles. The Hall–Kier alpha value is -3.98. The van der Waals surface area contributed by atoms with Gasteiger partial charge in [-0.3, -0.25) is 14.2 Å². The molecule has 2 heterocycles. The molecule has 0 spiro atoms. The van der Waals surface area contributed by atoms with Gasteiger partial charge in [0.25, 0.3) is 5.91 Å². The summed E-state index contributed by atoms with van der Waals surface area (Å²) in [5.41, 5.74) is 4.82. The van der Waals surface area contributed by atoms with Crippen LogP contribution in [-0.2, 0) is 4.79 Å². The zero-order valence-electron chi connectivity index (χ0n) is 23.6. The summed E-state index contributed by atoms with van der Waals surface area (Å²) in [5.74, 6) is 1.09. The maximum Gasteiger partial charge on any atom is 0.254 e. The summed E-state index contributed by atoms with van der Waals surface area (Å²) >= 11 is 1.60. The van der Waals surface area contributed by atoms with Crippen LogP contribution >= 0.6 is 11.8 Å². The molecule has 1 fully saturated rings. The Kier molecular flexibility index (Phi) is 8.83. The maximum absolute atomic E-state index is 13.2. The third-order valence-corrected chi connectivity index (χ3v) is 8.35. The van der Waals surface area contributed by atoms with Crippen LogP contribution in [0.5, 0.6) is 0 Å². The van der Waals surface area contributed by atoms with Gasteiger partial charge in [0.2, 0.25) is 5.91 Å². The quantitative estimate of drug-likeness (QED) is 0.194. The normalized spacial score (nSPS) is 15.3. The van der Waals surface area contributed by atoms with Crippen molar-refractivity contribution in [3.8, 4) is 17.1 Å². The molecular weight excluding hydrogens is 537 g/mol. The molecule has 7 nitrogen and oxygen atoms in total. The number of piperazine rings is 1. The van der Waals surface area contributed by atoms with E-state index in [0.717, 1.165) is 28.0 Å². The number of thioether (sulfide) groups is 1. The molecule has 2 amide bonds. The van der Waals surface area contributed by atoms with Crippen molar-refractivity contribution in [2.45, 2.75) is 44.8 Å². The van der Waals surface area contributed by atoms with Crippen LogP contribution in [0.25, 0.3) is 17.1 Å². The van der Waals surface area contributed by atoms with Crippen molar-refractivity contribution in [2.75, 3.05) is 25.4 Å². The van der Waals surface area contributed by atoms with E-state index in [4.69, 9.17) is 0 Å². The van der Waals surface area contributed by atoms with Gasteiger partial charge in [0, 0.05) is 54.7 Å². The van der Waals surface area contributed by atoms with Gasteiger partial charge in [-0.1, -0.05) is 59.3 Å². The van der Waals surface area contributed by atoms with Crippen LogP contribution in [0, 0.1) is 19.7 Å². The minimum atomic E-state index is -0.370. The monoisotopic (exact) mass is 571 g/mol.